The molecule has 1 amide bonds. The normalized spacial score (nSPS) is 11.5. The van der Waals surface area contributed by atoms with E-state index >= 15 is 0 Å². The SMILES string of the molecule is CCNc1cc(COc2c(Cl)cc(CC(=O)OC(=O)CNC(=O)c3cc(Cl)c(OCc4cc(NCC)cc(C(F)(F)F)c4)c(Cl)c3)cc2Cl)cc(C(F)(F)F)c1. The van der Waals surface area contributed by atoms with Crippen molar-refractivity contribution < 1.29 is 54.9 Å². The van der Waals surface area contributed by atoms with Crippen molar-refractivity contribution in [2.24, 2.45) is 0 Å². The van der Waals surface area contributed by atoms with Crippen molar-refractivity contribution >= 4 is 75.6 Å². The molecule has 0 aliphatic rings. The lowest BCUT2D eigenvalue weighted by Crippen LogP contribution is -2.32. The number of carbonyl (C=O) groups excluding carboxylic acids is 3. The molecule has 0 aromatic heterocycles. The minimum atomic E-state index is -4.60. The number of esters is 2. The summed E-state index contributed by atoms with van der Waals surface area (Å²) in [6.45, 7) is 2.82. The molecular weight excluding hydrogens is 838 g/mol. The second-order valence-corrected chi connectivity index (χ2v) is 13.5. The largest absolute Gasteiger partial charge is 0.486 e. The van der Waals surface area contributed by atoms with Crippen LogP contribution in [-0.2, 0) is 46.3 Å². The Kier molecular flexibility index (Phi) is 15.0. The molecule has 0 saturated heterocycles. The summed E-state index contributed by atoms with van der Waals surface area (Å²) in [7, 11) is 0. The Morgan fingerprint density at radius 3 is 1.43 bits per heavy atom. The topological polar surface area (TPSA) is 115 Å². The first-order valence-electron chi connectivity index (χ1n) is 16.4. The van der Waals surface area contributed by atoms with Crippen molar-refractivity contribution in [1.82, 2.24) is 5.32 Å². The van der Waals surface area contributed by atoms with Crippen LogP contribution >= 0.6 is 46.4 Å². The maximum Gasteiger partial charge on any atom is 0.416 e. The van der Waals surface area contributed by atoms with Gasteiger partial charge in [-0.05, 0) is 91.2 Å². The summed E-state index contributed by atoms with van der Waals surface area (Å²) in [5.41, 5.74) is -0.839. The number of hydrogen-bond acceptors (Lipinski definition) is 8. The van der Waals surface area contributed by atoms with Gasteiger partial charge in [0.15, 0.2) is 11.5 Å². The van der Waals surface area contributed by atoms with Gasteiger partial charge < -0.3 is 30.2 Å². The molecule has 56 heavy (non-hydrogen) atoms. The Morgan fingerprint density at radius 2 is 1.02 bits per heavy atom. The van der Waals surface area contributed by atoms with Crippen molar-refractivity contribution in [2.75, 3.05) is 30.3 Å². The summed E-state index contributed by atoms with van der Waals surface area (Å²) in [5, 5.41) is 7.46. The molecule has 0 bridgehead atoms. The van der Waals surface area contributed by atoms with Gasteiger partial charge in [0.25, 0.3) is 5.91 Å². The molecule has 3 N–H and O–H groups in total. The summed E-state index contributed by atoms with van der Waals surface area (Å²) < 4.78 is 96.3. The van der Waals surface area contributed by atoms with Crippen molar-refractivity contribution in [3.8, 4) is 11.5 Å². The van der Waals surface area contributed by atoms with Crippen LogP contribution in [-0.4, -0.2) is 37.5 Å². The van der Waals surface area contributed by atoms with Crippen LogP contribution in [0, 0.1) is 0 Å². The van der Waals surface area contributed by atoms with Crippen LogP contribution in [0.4, 0.5) is 37.7 Å². The van der Waals surface area contributed by atoms with Gasteiger partial charge in [-0.25, -0.2) is 4.79 Å². The van der Waals surface area contributed by atoms with E-state index in [9.17, 15) is 40.7 Å². The minimum Gasteiger partial charge on any atom is -0.486 e. The standard InChI is InChI=1S/C37H31Cl4F6N3O6/c1-3-48-25-7-20(5-23(14-25)36(42,43)44)17-54-33-27(38)9-19(10-28(33)39)11-31(51)56-32(52)16-50-35(53)22-12-29(40)34(30(41)13-22)55-18-21-6-24(37(45,46)47)15-26(8-21)49-4-2/h5-10,12-15,48-49H,3-4,11,16-18H2,1-2H3,(H,50,53). The second-order valence-electron chi connectivity index (χ2n) is 11.8. The summed E-state index contributed by atoms with van der Waals surface area (Å²) in [6.07, 6.45) is -9.67. The fourth-order valence-electron chi connectivity index (χ4n) is 5.10. The van der Waals surface area contributed by atoms with Gasteiger partial charge in [-0.3, -0.25) is 9.59 Å². The molecule has 300 valence electrons. The number of nitrogens with one attached hydrogen (secondary N) is 3. The lowest BCUT2D eigenvalue weighted by atomic mass is 10.1. The first kappa shape index (κ1) is 44.1. The third-order valence-electron chi connectivity index (χ3n) is 7.46. The Bertz CT molecular complexity index is 2050. The Morgan fingerprint density at radius 1 is 0.589 bits per heavy atom. The maximum absolute atomic E-state index is 13.4. The van der Waals surface area contributed by atoms with Gasteiger partial charge in [0.1, 0.15) is 19.8 Å². The number of amides is 1. The number of anilines is 2. The van der Waals surface area contributed by atoms with Crippen LogP contribution in [0.3, 0.4) is 0 Å². The van der Waals surface area contributed by atoms with Crippen LogP contribution in [0.25, 0.3) is 0 Å². The number of rotatable bonds is 15. The van der Waals surface area contributed by atoms with Gasteiger partial charge in [-0.2, -0.15) is 26.3 Å². The Hall–Kier alpha value is -4.57. The smallest absolute Gasteiger partial charge is 0.416 e. The first-order chi connectivity index (χ1) is 26.3. The van der Waals surface area contributed by atoms with E-state index in [1.807, 2.05) is 0 Å². The minimum absolute atomic E-state index is 0.0549. The monoisotopic (exact) mass is 867 g/mol. The van der Waals surface area contributed by atoms with Crippen LogP contribution < -0.4 is 25.4 Å². The van der Waals surface area contributed by atoms with Crippen LogP contribution in [0.1, 0.15) is 52.0 Å². The molecule has 0 heterocycles. The summed E-state index contributed by atoms with van der Waals surface area (Å²) in [5.74, 6) is -3.16. The van der Waals surface area contributed by atoms with E-state index in [2.05, 4.69) is 16.0 Å². The maximum atomic E-state index is 13.4. The third-order valence-corrected chi connectivity index (χ3v) is 8.58. The number of alkyl halides is 6. The molecule has 0 aliphatic carbocycles. The fraction of sp³-hybridized carbons (Fsp3) is 0.270. The highest BCUT2D eigenvalue weighted by Gasteiger charge is 2.32. The molecule has 4 rings (SSSR count). The van der Waals surface area contributed by atoms with Crippen LogP contribution in [0.15, 0.2) is 60.7 Å². The average Bonchev–Trinajstić information content (AvgIpc) is 3.09. The van der Waals surface area contributed by atoms with E-state index in [1.54, 1.807) is 13.8 Å². The van der Waals surface area contributed by atoms with Gasteiger partial charge in [0, 0.05) is 30.0 Å². The molecule has 0 spiro atoms. The van der Waals surface area contributed by atoms with Gasteiger partial charge in [0.05, 0.1) is 37.6 Å². The molecule has 0 saturated carbocycles. The lowest BCUT2D eigenvalue weighted by molar-refractivity contribution is -0.158. The molecule has 0 unspecified atom stereocenters. The zero-order chi connectivity index (χ0) is 41.4. The highest BCUT2D eigenvalue weighted by molar-refractivity contribution is 6.38. The Labute approximate surface area is 336 Å². The number of carbonyl (C=O) groups is 3. The van der Waals surface area contributed by atoms with Crippen molar-refractivity contribution in [3.63, 3.8) is 0 Å². The van der Waals surface area contributed by atoms with Crippen molar-refractivity contribution in [2.45, 2.75) is 45.8 Å². The van der Waals surface area contributed by atoms with Crippen LogP contribution in [0.5, 0.6) is 11.5 Å². The number of benzene rings is 4. The summed E-state index contributed by atoms with van der Waals surface area (Å²) in [4.78, 5) is 37.6. The van der Waals surface area contributed by atoms with Gasteiger partial charge in [-0.15, -0.1) is 0 Å². The molecule has 19 heteroatoms. The van der Waals surface area contributed by atoms with E-state index in [1.165, 1.54) is 24.3 Å². The van der Waals surface area contributed by atoms with E-state index in [4.69, 9.17) is 60.6 Å². The molecule has 0 radical (unpaired) electrons. The van der Waals surface area contributed by atoms with Crippen molar-refractivity contribution in [1.29, 1.82) is 0 Å². The average molecular weight is 869 g/mol. The number of halogens is 10. The molecular formula is C37H31Cl4F6N3O6. The zero-order valence-corrected chi connectivity index (χ0v) is 32.3. The predicted molar refractivity (Wildman–Crippen MR) is 200 cm³/mol. The van der Waals surface area contributed by atoms with Gasteiger partial charge in [-0.1, -0.05) is 46.4 Å². The van der Waals surface area contributed by atoms with E-state index < -0.39 is 54.3 Å². The summed E-state index contributed by atoms with van der Waals surface area (Å²) >= 11 is 25.1. The first-order valence-corrected chi connectivity index (χ1v) is 17.9. The van der Waals surface area contributed by atoms with E-state index in [0.717, 1.165) is 36.4 Å². The Balaban J connectivity index is 1.31. The summed E-state index contributed by atoms with van der Waals surface area (Å²) in [6, 6.07) is 11.7. The fourth-order valence-corrected chi connectivity index (χ4v) is 6.34. The highest BCUT2D eigenvalue weighted by Crippen LogP contribution is 2.38. The quantitative estimate of drug-likeness (QED) is 0.0615. The predicted octanol–water partition coefficient (Wildman–Crippen LogP) is 10.4. The molecule has 4 aromatic rings. The third kappa shape index (κ3) is 12.5. The molecule has 4 aromatic carbocycles. The zero-order valence-electron chi connectivity index (χ0n) is 29.2. The second kappa shape index (κ2) is 19.0. The van der Waals surface area contributed by atoms with E-state index in [-0.39, 0.29) is 78.4 Å². The molecule has 0 atom stereocenters. The van der Waals surface area contributed by atoms with Gasteiger partial charge >= 0.3 is 24.3 Å². The lowest BCUT2D eigenvalue weighted by Gasteiger charge is -2.15. The van der Waals surface area contributed by atoms with Crippen molar-refractivity contribution in [3.05, 3.63) is 114 Å². The number of hydrogen-bond donors (Lipinski definition) is 3. The van der Waals surface area contributed by atoms with Crippen LogP contribution in [0.2, 0.25) is 20.1 Å². The number of ether oxygens (including phenoxy) is 3. The molecule has 0 fully saturated rings. The molecule has 0 aliphatic heterocycles. The molecule has 9 nitrogen and oxygen atoms in total. The highest BCUT2D eigenvalue weighted by atomic mass is 35.5. The van der Waals surface area contributed by atoms with Gasteiger partial charge in [0.2, 0.25) is 0 Å². The van der Waals surface area contributed by atoms with E-state index in [0.29, 0.717) is 13.1 Å².